The Bertz CT molecular complexity index is 1190. The van der Waals surface area contributed by atoms with Crippen molar-refractivity contribution in [2.75, 3.05) is 5.32 Å². The van der Waals surface area contributed by atoms with Crippen LogP contribution in [0.15, 0.2) is 60.9 Å². The highest BCUT2D eigenvalue weighted by molar-refractivity contribution is 6.36. The van der Waals surface area contributed by atoms with Gasteiger partial charge in [-0.15, -0.1) is 0 Å². The first-order chi connectivity index (χ1) is 14.0. The number of benzene rings is 2. The van der Waals surface area contributed by atoms with Crippen LogP contribution in [0.4, 0.5) is 10.1 Å². The van der Waals surface area contributed by atoms with Gasteiger partial charge in [-0.2, -0.15) is 10.2 Å². The van der Waals surface area contributed by atoms with Crippen LogP contribution in [-0.2, 0) is 6.54 Å². The highest BCUT2D eigenvalue weighted by atomic mass is 35.5. The highest BCUT2D eigenvalue weighted by Gasteiger charge is 2.14. The smallest absolute Gasteiger partial charge is 0.273 e. The van der Waals surface area contributed by atoms with Crippen LogP contribution in [0.2, 0.25) is 10.0 Å². The molecule has 146 valence electrons. The van der Waals surface area contributed by atoms with Crippen molar-refractivity contribution >= 4 is 34.8 Å². The van der Waals surface area contributed by atoms with Crippen molar-refractivity contribution in [2.45, 2.75) is 6.54 Å². The molecule has 2 heterocycles. The summed E-state index contributed by atoms with van der Waals surface area (Å²) in [6, 6.07) is 12.9. The molecule has 0 unspecified atom stereocenters. The van der Waals surface area contributed by atoms with Crippen LogP contribution < -0.4 is 5.32 Å². The van der Waals surface area contributed by atoms with Gasteiger partial charge in [0.05, 0.1) is 29.1 Å². The average molecular weight is 430 g/mol. The van der Waals surface area contributed by atoms with Crippen molar-refractivity contribution in [3.8, 4) is 11.3 Å². The summed E-state index contributed by atoms with van der Waals surface area (Å²) in [6.07, 6.45) is 3.18. The predicted octanol–water partition coefficient (Wildman–Crippen LogP) is 5.02. The second-order valence-corrected chi connectivity index (χ2v) is 7.15. The molecule has 0 radical (unpaired) electrons. The van der Waals surface area contributed by atoms with Crippen LogP contribution in [0.1, 0.15) is 16.1 Å². The van der Waals surface area contributed by atoms with Gasteiger partial charge >= 0.3 is 0 Å². The molecular formula is C20H14Cl2FN5O. The number of halogens is 3. The third-order valence-corrected chi connectivity index (χ3v) is 4.70. The van der Waals surface area contributed by atoms with Gasteiger partial charge in [0.1, 0.15) is 11.5 Å². The molecule has 0 bridgehead atoms. The molecule has 2 aromatic heterocycles. The molecule has 4 aromatic rings. The number of H-pyrrole nitrogens is 1. The van der Waals surface area contributed by atoms with E-state index >= 15 is 0 Å². The van der Waals surface area contributed by atoms with Gasteiger partial charge in [0.25, 0.3) is 5.91 Å². The van der Waals surface area contributed by atoms with Crippen LogP contribution in [0.3, 0.4) is 0 Å². The van der Waals surface area contributed by atoms with Crippen LogP contribution in [0.5, 0.6) is 0 Å². The molecule has 29 heavy (non-hydrogen) atoms. The summed E-state index contributed by atoms with van der Waals surface area (Å²) in [5.74, 6) is -0.682. The second kappa shape index (κ2) is 8.06. The maximum atomic E-state index is 13.3. The molecule has 2 aromatic carbocycles. The Balaban J connectivity index is 1.45. The molecule has 0 aliphatic carbocycles. The first kappa shape index (κ1) is 19.2. The Morgan fingerprint density at radius 3 is 2.83 bits per heavy atom. The van der Waals surface area contributed by atoms with E-state index in [1.54, 1.807) is 47.3 Å². The Morgan fingerprint density at radius 1 is 1.17 bits per heavy atom. The maximum Gasteiger partial charge on any atom is 0.273 e. The van der Waals surface area contributed by atoms with E-state index in [4.69, 9.17) is 23.2 Å². The molecule has 0 saturated heterocycles. The van der Waals surface area contributed by atoms with Crippen molar-refractivity contribution in [2.24, 2.45) is 0 Å². The van der Waals surface area contributed by atoms with Gasteiger partial charge in [0, 0.05) is 16.8 Å². The standard InChI is InChI=1S/C20H14Cl2FN5O/c21-13-4-5-16(17(22)7-13)18-8-19(27-26-18)20(29)25-15-9-24-28(11-15)10-12-2-1-3-14(23)6-12/h1-9,11H,10H2,(H,25,29)(H,26,27). The number of rotatable bonds is 5. The number of hydrogen-bond acceptors (Lipinski definition) is 3. The van der Waals surface area contributed by atoms with E-state index in [1.807, 2.05) is 0 Å². The summed E-state index contributed by atoms with van der Waals surface area (Å²) in [4.78, 5) is 12.5. The average Bonchev–Trinajstić information content (AvgIpc) is 3.32. The lowest BCUT2D eigenvalue weighted by Crippen LogP contribution is -2.11. The fourth-order valence-corrected chi connectivity index (χ4v) is 3.31. The van der Waals surface area contributed by atoms with Crippen LogP contribution in [-0.4, -0.2) is 25.9 Å². The van der Waals surface area contributed by atoms with Crippen LogP contribution in [0.25, 0.3) is 11.3 Å². The van der Waals surface area contributed by atoms with E-state index in [9.17, 15) is 9.18 Å². The monoisotopic (exact) mass is 429 g/mol. The zero-order valence-electron chi connectivity index (χ0n) is 14.9. The third kappa shape index (κ3) is 4.47. The molecule has 0 atom stereocenters. The Labute approximate surface area is 175 Å². The van der Waals surface area contributed by atoms with E-state index < -0.39 is 0 Å². The van der Waals surface area contributed by atoms with E-state index in [2.05, 4.69) is 20.6 Å². The normalized spacial score (nSPS) is 10.9. The molecule has 2 N–H and O–H groups in total. The first-order valence-electron chi connectivity index (χ1n) is 8.57. The van der Waals surface area contributed by atoms with Crippen molar-refractivity contribution in [3.63, 3.8) is 0 Å². The van der Waals surface area contributed by atoms with Gasteiger partial charge < -0.3 is 5.32 Å². The minimum absolute atomic E-state index is 0.267. The number of amides is 1. The number of aromatic nitrogens is 4. The number of nitrogens with zero attached hydrogens (tertiary/aromatic N) is 3. The molecule has 6 nitrogen and oxygen atoms in total. The number of carbonyl (C=O) groups excluding carboxylic acids is 1. The fraction of sp³-hybridized carbons (Fsp3) is 0.0500. The van der Waals surface area contributed by atoms with E-state index in [-0.39, 0.29) is 17.4 Å². The number of aromatic amines is 1. The van der Waals surface area contributed by atoms with Crippen molar-refractivity contribution in [1.29, 1.82) is 0 Å². The van der Waals surface area contributed by atoms with Gasteiger partial charge in [-0.25, -0.2) is 4.39 Å². The molecule has 4 rings (SSSR count). The quantitative estimate of drug-likeness (QED) is 0.467. The number of hydrogen-bond donors (Lipinski definition) is 2. The Morgan fingerprint density at radius 2 is 2.03 bits per heavy atom. The summed E-state index contributed by atoms with van der Waals surface area (Å²) < 4.78 is 14.9. The molecule has 0 spiro atoms. The van der Waals surface area contributed by atoms with Gasteiger partial charge in [0.2, 0.25) is 0 Å². The SMILES string of the molecule is O=C(Nc1cnn(Cc2cccc(F)c2)c1)c1cc(-c2ccc(Cl)cc2Cl)n[nH]1. The second-order valence-electron chi connectivity index (χ2n) is 6.30. The van der Waals surface area contributed by atoms with Crippen molar-refractivity contribution in [1.82, 2.24) is 20.0 Å². The summed E-state index contributed by atoms with van der Waals surface area (Å²) in [5.41, 5.74) is 2.73. The van der Waals surface area contributed by atoms with E-state index in [0.717, 1.165) is 5.56 Å². The maximum absolute atomic E-state index is 13.3. The molecule has 9 heteroatoms. The van der Waals surface area contributed by atoms with Crippen molar-refractivity contribution in [3.05, 3.63) is 88.0 Å². The molecule has 0 aliphatic rings. The summed E-state index contributed by atoms with van der Waals surface area (Å²) in [7, 11) is 0. The lowest BCUT2D eigenvalue weighted by molar-refractivity contribution is 0.102. The van der Waals surface area contributed by atoms with Crippen LogP contribution in [0, 0.1) is 5.82 Å². The molecule has 0 fully saturated rings. The van der Waals surface area contributed by atoms with E-state index in [1.165, 1.54) is 18.3 Å². The molecular weight excluding hydrogens is 416 g/mol. The van der Waals surface area contributed by atoms with Crippen molar-refractivity contribution < 1.29 is 9.18 Å². The molecule has 0 aliphatic heterocycles. The number of nitrogens with one attached hydrogen (secondary N) is 2. The topological polar surface area (TPSA) is 75.6 Å². The Hall–Kier alpha value is -3.16. The molecule has 1 amide bonds. The number of carbonyl (C=O) groups is 1. The Kier molecular flexibility index (Phi) is 5.33. The van der Waals surface area contributed by atoms with Gasteiger partial charge in [-0.05, 0) is 42.0 Å². The molecule has 0 saturated carbocycles. The minimum atomic E-state index is -0.376. The summed E-state index contributed by atoms with van der Waals surface area (Å²) in [6.45, 7) is 0.386. The highest BCUT2D eigenvalue weighted by Crippen LogP contribution is 2.29. The lowest BCUT2D eigenvalue weighted by Gasteiger charge is -2.02. The minimum Gasteiger partial charge on any atom is -0.318 e. The van der Waals surface area contributed by atoms with Gasteiger partial charge in [-0.1, -0.05) is 35.3 Å². The zero-order valence-corrected chi connectivity index (χ0v) is 16.4. The first-order valence-corrected chi connectivity index (χ1v) is 9.32. The number of anilines is 1. The van der Waals surface area contributed by atoms with Gasteiger partial charge in [0.15, 0.2) is 0 Å². The summed E-state index contributed by atoms with van der Waals surface area (Å²) in [5, 5.41) is 14.7. The zero-order chi connectivity index (χ0) is 20.4. The van der Waals surface area contributed by atoms with Gasteiger partial charge in [-0.3, -0.25) is 14.6 Å². The third-order valence-electron chi connectivity index (χ3n) is 4.15. The predicted molar refractivity (Wildman–Crippen MR) is 110 cm³/mol. The van der Waals surface area contributed by atoms with E-state index in [0.29, 0.717) is 33.5 Å². The lowest BCUT2D eigenvalue weighted by atomic mass is 10.1. The van der Waals surface area contributed by atoms with Crippen LogP contribution >= 0.6 is 23.2 Å². The summed E-state index contributed by atoms with van der Waals surface area (Å²) >= 11 is 12.1. The fourth-order valence-electron chi connectivity index (χ4n) is 2.81. The largest absolute Gasteiger partial charge is 0.318 e.